The van der Waals surface area contributed by atoms with Gasteiger partial charge in [-0.05, 0) is 32.3 Å². The molecule has 0 saturated carbocycles. The lowest BCUT2D eigenvalue weighted by molar-refractivity contribution is 0.204. The number of hydrogen-bond acceptors (Lipinski definition) is 2. The van der Waals surface area contributed by atoms with Crippen LogP contribution in [-0.4, -0.2) is 12.1 Å². The van der Waals surface area contributed by atoms with Crippen LogP contribution in [-0.2, 0) is 0 Å². The topological polar surface area (TPSA) is 38.0 Å². The normalized spacial score (nSPS) is 17.4. The Labute approximate surface area is 106 Å². The van der Waals surface area contributed by atoms with Gasteiger partial charge in [0.15, 0.2) is 0 Å². The quantitative estimate of drug-likeness (QED) is 0.717. The van der Waals surface area contributed by atoms with Crippen LogP contribution in [0.4, 0.5) is 0 Å². The first-order chi connectivity index (χ1) is 7.83. The molecule has 0 aliphatic heterocycles. The maximum Gasteiger partial charge on any atom is 0.0220 e. The Morgan fingerprint density at radius 3 is 2.59 bits per heavy atom. The van der Waals surface area contributed by atoms with Crippen molar-refractivity contribution in [3.63, 3.8) is 0 Å². The third-order valence-corrected chi connectivity index (χ3v) is 4.13. The molecule has 0 heterocycles. The van der Waals surface area contributed by atoms with Crippen molar-refractivity contribution in [1.29, 1.82) is 0 Å². The Bertz CT molecular complexity index is 346. The molecule has 0 saturated heterocycles. The van der Waals surface area contributed by atoms with Crippen LogP contribution in [0, 0.1) is 5.41 Å². The van der Waals surface area contributed by atoms with Crippen LogP contribution in [0.5, 0.6) is 0 Å². The molecule has 1 rings (SSSR count). The molecule has 0 radical (unpaired) electrons. The largest absolute Gasteiger partial charge is 0.402 e. The van der Waals surface area contributed by atoms with E-state index in [-0.39, 0.29) is 11.0 Å². The summed E-state index contributed by atoms with van der Waals surface area (Å²) in [6, 6.07) is 0. The molecule has 0 spiro atoms. The Morgan fingerprint density at radius 2 is 2.06 bits per heavy atom. The first-order valence-electron chi connectivity index (χ1n) is 6.34. The number of rotatable bonds is 5. The molecule has 2 nitrogen and oxygen atoms in total. The van der Waals surface area contributed by atoms with E-state index in [1.54, 1.807) is 0 Å². The molecular formula is C15H26N2. The molecule has 0 aromatic rings. The first-order valence-corrected chi connectivity index (χ1v) is 6.34. The molecule has 2 heteroatoms. The van der Waals surface area contributed by atoms with Crippen LogP contribution in [0.1, 0.15) is 40.5 Å². The van der Waals surface area contributed by atoms with E-state index in [0.717, 1.165) is 25.1 Å². The summed E-state index contributed by atoms with van der Waals surface area (Å²) >= 11 is 0. The Morgan fingerprint density at radius 1 is 1.41 bits per heavy atom. The van der Waals surface area contributed by atoms with Gasteiger partial charge in [-0.2, -0.15) is 0 Å². The molecule has 0 aromatic carbocycles. The molecule has 1 aliphatic rings. The van der Waals surface area contributed by atoms with E-state index in [0.29, 0.717) is 0 Å². The highest BCUT2D eigenvalue weighted by Crippen LogP contribution is 2.41. The fourth-order valence-electron chi connectivity index (χ4n) is 2.18. The second-order valence-electron chi connectivity index (χ2n) is 5.80. The number of nitrogens with one attached hydrogen (secondary N) is 1. The molecule has 0 fully saturated rings. The fourth-order valence-corrected chi connectivity index (χ4v) is 2.18. The smallest absolute Gasteiger partial charge is 0.0220 e. The van der Waals surface area contributed by atoms with E-state index in [9.17, 15) is 0 Å². The molecule has 0 aromatic heterocycles. The molecule has 3 N–H and O–H groups in total. The maximum absolute atomic E-state index is 6.17. The summed E-state index contributed by atoms with van der Waals surface area (Å²) in [5.41, 5.74) is 8.45. The van der Waals surface area contributed by atoms with Crippen LogP contribution in [0.2, 0.25) is 0 Å². The summed E-state index contributed by atoms with van der Waals surface area (Å²) in [5.74, 6) is 0. The Hall–Kier alpha value is -1.02. The van der Waals surface area contributed by atoms with Crippen LogP contribution >= 0.6 is 0 Å². The lowest BCUT2D eigenvalue weighted by Crippen LogP contribution is -2.52. The van der Waals surface area contributed by atoms with Crippen molar-refractivity contribution in [2.75, 3.05) is 6.54 Å². The fraction of sp³-hybridized carbons (Fsp3) is 0.600. The van der Waals surface area contributed by atoms with E-state index in [4.69, 9.17) is 5.73 Å². The van der Waals surface area contributed by atoms with E-state index >= 15 is 0 Å². The van der Waals surface area contributed by atoms with E-state index in [2.05, 4.69) is 51.7 Å². The zero-order valence-electron chi connectivity index (χ0n) is 11.6. The van der Waals surface area contributed by atoms with E-state index in [1.807, 2.05) is 6.08 Å². The highest BCUT2D eigenvalue weighted by atomic mass is 15.0. The molecule has 0 amide bonds. The summed E-state index contributed by atoms with van der Waals surface area (Å²) in [6.07, 6.45) is 8.35. The van der Waals surface area contributed by atoms with Crippen LogP contribution in [0.25, 0.3) is 0 Å². The van der Waals surface area contributed by atoms with Crippen molar-refractivity contribution < 1.29 is 0 Å². The van der Waals surface area contributed by atoms with Gasteiger partial charge in [0.05, 0.1) is 0 Å². The molecule has 0 unspecified atom stereocenters. The Balaban J connectivity index is 3.00. The number of nitrogens with two attached hydrogens (primary N) is 1. The van der Waals surface area contributed by atoms with Gasteiger partial charge in [0.25, 0.3) is 0 Å². The van der Waals surface area contributed by atoms with Crippen molar-refractivity contribution in [3.05, 3.63) is 36.1 Å². The standard InChI is InChI=1S/C15H26N2/c1-6-11-17-15(4,5)14(2,3)12-9-7-8-10-13(12)16/h6-7,9,17H,1,8,10-11,16H2,2-5H3. The van der Waals surface area contributed by atoms with Crippen LogP contribution in [0.15, 0.2) is 36.1 Å². The van der Waals surface area contributed by atoms with Gasteiger partial charge in [-0.15, -0.1) is 6.58 Å². The molecule has 96 valence electrons. The third kappa shape index (κ3) is 2.81. The second kappa shape index (κ2) is 5.09. The zero-order valence-corrected chi connectivity index (χ0v) is 11.6. The summed E-state index contributed by atoms with van der Waals surface area (Å²) < 4.78 is 0. The van der Waals surface area contributed by atoms with Gasteiger partial charge in [0, 0.05) is 23.2 Å². The average molecular weight is 234 g/mol. The van der Waals surface area contributed by atoms with Crippen molar-refractivity contribution in [2.24, 2.45) is 11.1 Å². The highest BCUT2D eigenvalue weighted by molar-refractivity contribution is 5.35. The zero-order chi connectivity index (χ0) is 13.1. The SMILES string of the molecule is C=CCNC(C)(C)C(C)(C)C1=C(N)CCC=C1. The van der Waals surface area contributed by atoms with Crippen LogP contribution < -0.4 is 11.1 Å². The maximum atomic E-state index is 6.17. The second-order valence-corrected chi connectivity index (χ2v) is 5.80. The lowest BCUT2D eigenvalue weighted by Gasteiger charge is -2.44. The van der Waals surface area contributed by atoms with Gasteiger partial charge in [-0.1, -0.05) is 32.1 Å². The van der Waals surface area contributed by atoms with Gasteiger partial charge < -0.3 is 11.1 Å². The predicted octanol–water partition coefficient (Wildman–Crippen LogP) is 3.13. The van der Waals surface area contributed by atoms with E-state index < -0.39 is 0 Å². The average Bonchev–Trinajstić information content (AvgIpc) is 2.26. The molecular weight excluding hydrogens is 208 g/mol. The minimum Gasteiger partial charge on any atom is -0.402 e. The van der Waals surface area contributed by atoms with Crippen molar-refractivity contribution in [1.82, 2.24) is 5.32 Å². The molecule has 0 atom stereocenters. The molecule has 1 aliphatic carbocycles. The predicted molar refractivity (Wildman–Crippen MR) is 75.6 cm³/mol. The summed E-state index contributed by atoms with van der Waals surface area (Å²) in [4.78, 5) is 0. The van der Waals surface area contributed by atoms with Crippen molar-refractivity contribution >= 4 is 0 Å². The Kier molecular flexibility index (Phi) is 4.21. The lowest BCUT2D eigenvalue weighted by atomic mass is 9.67. The third-order valence-electron chi connectivity index (χ3n) is 4.13. The first kappa shape index (κ1) is 14.0. The number of allylic oxidation sites excluding steroid dienone is 3. The summed E-state index contributed by atoms with van der Waals surface area (Å²) in [5, 5.41) is 3.53. The van der Waals surface area contributed by atoms with Gasteiger partial charge in [-0.3, -0.25) is 0 Å². The minimum absolute atomic E-state index is 0.00296. The van der Waals surface area contributed by atoms with Gasteiger partial charge in [0.1, 0.15) is 0 Å². The summed E-state index contributed by atoms with van der Waals surface area (Å²) in [7, 11) is 0. The molecule has 17 heavy (non-hydrogen) atoms. The summed E-state index contributed by atoms with van der Waals surface area (Å²) in [6.45, 7) is 13.5. The van der Waals surface area contributed by atoms with Gasteiger partial charge >= 0.3 is 0 Å². The van der Waals surface area contributed by atoms with Gasteiger partial charge in [0.2, 0.25) is 0 Å². The van der Waals surface area contributed by atoms with Gasteiger partial charge in [-0.25, -0.2) is 0 Å². The van der Waals surface area contributed by atoms with E-state index in [1.165, 1.54) is 5.57 Å². The monoisotopic (exact) mass is 234 g/mol. The van der Waals surface area contributed by atoms with Crippen molar-refractivity contribution in [2.45, 2.75) is 46.1 Å². The minimum atomic E-state index is -0.0250. The number of hydrogen-bond donors (Lipinski definition) is 2. The molecule has 0 bridgehead atoms. The highest BCUT2D eigenvalue weighted by Gasteiger charge is 2.39. The van der Waals surface area contributed by atoms with Crippen LogP contribution in [0.3, 0.4) is 0 Å². The van der Waals surface area contributed by atoms with Crippen molar-refractivity contribution in [3.8, 4) is 0 Å².